The molecular weight excluding hydrogens is 453 g/mol. The Morgan fingerprint density at radius 3 is 2.81 bits per heavy atom. The van der Waals surface area contributed by atoms with Gasteiger partial charge in [-0.2, -0.15) is 0 Å². The number of aryl methyl sites for hydroxylation is 1. The molecule has 0 aliphatic carbocycles. The predicted molar refractivity (Wildman–Crippen MR) is 121 cm³/mol. The number of aromatic nitrogens is 4. The summed E-state index contributed by atoms with van der Waals surface area (Å²) in [6, 6.07) is 6.12. The average Bonchev–Trinajstić information content (AvgIpc) is 3.20. The van der Waals surface area contributed by atoms with Gasteiger partial charge in [0, 0.05) is 43.7 Å². The van der Waals surface area contributed by atoms with Crippen LogP contribution in [-0.4, -0.2) is 54.7 Å². The first kappa shape index (κ1) is 22.1. The number of rotatable bonds is 5. The summed E-state index contributed by atoms with van der Waals surface area (Å²) in [5, 5.41) is 0.573. The van der Waals surface area contributed by atoms with Crippen molar-refractivity contribution in [1.82, 2.24) is 24.4 Å². The molecule has 0 fully saturated rings. The number of pyridine rings is 1. The Bertz CT molecular complexity index is 1370. The van der Waals surface area contributed by atoms with Gasteiger partial charge in [-0.25, -0.2) is 14.4 Å². The van der Waals surface area contributed by atoms with Crippen molar-refractivity contribution in [3.63, 3.8) is 0 Å². The maximum absolute atomic E-state index is 14.8. The molecule has 3 aromatic heterocycles. The zero-order chi connectivity index (χ0) is 23.0. The summed E-state index contributed by atoms with van der Waals surface area (Å²) >= 11 is -0.565. The molecule has 0 spiro atoms. The molecule has 1 unspecified atom stereocenters. The van der Waals surface area contributed by atoms with E-state index in [1.165, 1.54) is 23.4 Å². The molecule has 32 heavy (non-hydrogen) atoms. The van der Waals surface area contributed by atoms with Crippen LogP contribution in [0.5, 0.6) is 0 Å². The van der Waals surface area contributed by atoms with Gasteiger partial charge in [0.25, 0.3) is 11.5 Å². The van der Waals surface area contributed by atoms with Crippen LogP contribution < -0.4 is 5.56 Å². The highest BCUT2D eigenvalue weighted by atomic mass is 32.2. The predicted octanol–water partition coefficient (Wildman–Crippen LogP) is 2.55. The van der Waals surface area contributed by atoms with Crippen molar-refractivity contribution in [2.45, 2.75) is 11.8 Å². The molecule has 0 N–H and O–H groups in total. The minimum atomic E-state index is -1.70. The van der Waals surface area contributed by atoms with Crippen molar-refractivity contribution in [3.05, 3.63) is 64.7 Å². The van der Waals surface area contributed by atoms with E-state index in [2.05, 4.69) is 15.0 Å². The molecule has 0 bridgehead atoms. The average molecular weight is 472 g/mol. The topological polar surface area (TPSA) is 104 Å². The minimum Gasteiger partial charge on any atom is -0.611 e. The largest absolute Gasteiger partial charge is 0.611 e. The Morgan fingerprint density at radius 2 is 2.12 bits per heavy atom. The number of carbonyl (C=O) groups is 1. The van der Waals surface area contributed by atoms with E-state index >= 15 is 0 Å². The molecule has 8 nitrogen and oxygen atoms in total. The Hall–Kier alpha value is -3.15. The minimum absolute atomic E-state index is 0.0908. The SMILES string of the molecule is Cc1cc(F)c(-n2cnc3nc(-c4cccnc4)sc3c2=O)cc1[S+]([O-])CC(=O)N(C)C. The molecular formula is C21H18FN5O3S2. The van der Waals surface area contributed by atoms with Gasteiger partial charge >= 0.3 is 0 Å². The van der Waals surface area contributed by atoms with E-state index < -0.39 is 22.6 Å². The van der Waals surface area contributed by atoms with Gasteiger partial charge in [-0.1, -0.05) is 0 Å². The fourth-order valence-electron chi connectivity index (χ4n) is 2.99. The molecule has 0 saturated heterocycles. The van der Waals surface area contributed by atoms with Gasteiger partial charge in [-0.05, 0) is 36.3 Å². The zero-order valence-electron chi connectivity index (χ0n) is 17.4. The summed E-state index contributed by atoms with van der Waals surface area (Å²) in [5.41, 5.74) is 0.836. The van der Waals surface area contributed by atoms with E-state index in [-0.39, 0.29) is 32.6 Å². The van der Waals surface area contributed by atoms with Crippen LogP contribution in [-0.2, 0) is 16.0 Å². The normalized spacial score (nSPS) is 12.2. The number of hydrogen-bond donors (Lipinski definition) is 0. The quantitative estimate of drug-likeness (QED) is 0.415. The van der Waals surface area contributed by atoms with Crippen LogP contribution in [0.2, 0.25) is 0 Å². The van der Waals surface area contributed by atoms with E-state index in [4.69, 9.17) is 0 Å². The number of benzene rings is 1. The molecule has 3 heterocycles. The van der Waals surface area contributed by atoms with Gasteiger partial charge < -0.3 is 9.45 Å². The van der Waals surface area contributed by atoms with Crippen LogP contribution in [0.15, 0.2) is 52.7 Å². The Balaban J connectivity index is 1.79. The van der Waals surface area contributed by atoms with Crippen LogP contribution in [0.4, 0.5) is 4.39 Å². The highest BCUT2D eigenvalue weighted by molar-refractivity contribution is 7.92. The van der Waals surface area contributed by atoms with E-state index in [0.29, 0.717) is 10.6 Å². The molecule has 4 aromatic rings. The third-order valence-corrected chi connectivity index (χ3v) is 7.25. The molecule has 4 rings (SSSR count). The lowest BCUT2D eigenvalue weighted by Gasteiger charge is -2.16. The van der Waals surface area contributed by atoms with E-state index in [0.717, 1.165) is 21.5 Å². The summed E-state index contributed by atoms with van der Waals surface area (Å²) < 4.78 is 28.9. The van der Waals surface area contributed by atoms with Crippen LogP contribution in [0.25, 0.3) is 26.6 Å². The Labute approximate surface area is 189 Å². The molecule has 1 aromatic carbocycles. The van der Waals surface area contributed by atoms with E-state index in [9.17, 15) is 18.5 Å². The van der Waals surface area contributed by atoms with Crippen LogP contribution >= 0.6 is 11.3 Å². The standard InChI is InChI=1S/C21H18FN5O3S2/c1-12-7-14(22)15(8-16(12)32(30)10-17(28)26(2)3)27-11-24-19-18(21(27)29)31-20(25-19)13-5-4-6-23-9-13/h4-9,11H,10H2,1-3H3. The number of hydrogen-bond acceptors (Lipinski definition) is 7. The summed E-state index contributed by atoms with van der Waals surface area (Å²) in [4.78, 5) is 39.4. The molecule has 11 heteroatoms. The van der Waals surface area contributed by atoms with E-state index in [1.807, 2.05) is 6.07 Å². The van der Waals surface area contributed by atoms with Crippen LogP contribution in [0.1, 0.15) is 5.56 Å². The van der Waals surface area contributed by atoms with Gasteiger partial charge in [-0.15, -0.1) is 11.3 Å². The van der Waals surface area contributed by atoms with Crippen LogP contribution in [0, 0.1) is 12.7 Å². The third kappa shape index (κ3) is 4.14. The first-order valence-corrected chi connectivity index (χ1v) is 11.6. The summed E-state index contributed by atoms with van der Waals surface area (Å²) in [7, 11) is 3.13. The second-order valence-electron chi connectivity index (χ2n) is 7.18. The van der Waals surface area contributed by atoms with Gasteiger partial charge in [-0.3, -0.25) is 19.1 Å². The van der Waals surface area contributed by atoms with Crippen molar-refractivity contribution in [1.29, 1.82) is 0 Å². The lowest BCUT2D eigenvalue weighted by atomic mass is 10.2. The maximum atomic E-state index is 14.8. The summed E-state index contributed by atoms with van der Waals surface area (Å²) in [6.07, 6.45) is 4.46. The lowest BCUT2D eigenvalue weighted by Crippen LogP contribution is -2.29. The number of carbonyl (C=O) groups excluding carboxylic acids is 1. The van der Waals surface area contributed by atoms with Gasteiger partial charge in [0.05, 0.1) is 5.69 Å². The molecule has 0 aliphatic heterocycles. The number of fused-ring (bicyclic) bond motifs is 1. The molecule has 0 saturated carbocycles. The van der Waals surface area contributed by atoms with Crippen molar-refractivity contribution in [2.24, 2.45) is 0 Å². The Morgan fingerprint density at radius 1 is 1.34 bits per heavy atom. The second kappa shape index (κ2) is 8.77. The highest BCUT2D eigenvalue weighted by Gasteiger charge is 2.23. The molecule has 0 radical (unpaired) electrons. The molecule has 1 atom stereocenters. The van der Waals surface area contributed by atoms with Crippen molar-refractivity contribution < 1.29 is 13.7 Å². The third-order valence-electron chi connectivity index (χ3n) is 4.73. The molecule has 1 amide bonds. The van der Waals surface area contributed by atoms with Crippen molar-refractivity contribution >= 4 is 38.8 Å². The highest BCUT2D eigenvalue weighted by Crippen LogP contribution is 2.28. The zero-order valence-corrected chi connectivity index (χ0v) is 19.0. The fraction of sp³-hybridized carbons (Fsp3) is 0.190. The van der Waals surface area contributed by atoms with E-state index in [1.54, 1.807) is 39.5 Å². The smallest absolute Gasteiger partial charge is 0.277 e. The van der Waals surface area contributed by atoms with Gasteiger partial charge in [0.2, 0.25) is 0 Å². The first-order valence-electron chi connectivity index (χ1n) is 9.44. The maximum Gasteiger partial charge on any atom is 0.277 e. The fourth-order valence-corrected chi connectivity index (χ4v) is 5.23. The van der Waals surface area contributed by atoms with Crippen LogP contribution in [0.3, 0.4) is 0 Å². The monoisotopic (exact) mass is 471 g/mol. The van der Waals surface area contributed by atoms with Crippen molar-refractivity contribution in [3.8, 4) is 16.3 Å². The number of thiazole rings is 1. The number of amides is 1. The van der Waals surface area contributed by atoms with Crippen molar-refractivity contribution in [2.75, 3.05) is 19.8 Å². The first-order chi connectivity index (χ1) is 15.3. The van der Waals surface area contributed by atoms with Gasteiger partial charge in [0.1, 0.15) is 21.9 Å². The molecule has 0 aliphatic rings. The lowest BCUT2D eigenvalue weighted by molar-refractivity contribution is -0.125. The number of nitrogens with zero attached hydrogens (tertiary/aromatic N) is 5. The van der Waals surface area contributed by atoms with Gasteiger partial charge in [0.15, 0.2) is 16.3 Å². The second-order valence-corrected chi connectivity index (χ2v) is 9.60. The Kier molecular flexibility index (Phi) is 6.04. The summed E-state index contributed by atoms with van der Waals surface area (Å²) in [6.45, 7) is 1.60. The molecule has 164 valence electrons. The summed E-state index contributed by atoms with van der Waals surface area (Å²) in [5.74, 6) is -1.22. The number of halogens is 1.